The van der Waals surface area contributed by atoms with Gasteiger partial charge in [0.15, 0.2) is 0 Å². The zero-order chi connectivity index (χ0) is 21.3. The van der Waals surface area contributed by atoms with Gasteiger partial charge in [-0.05, 0) is 25.1 Å². The maximum atomic E-state index is 14.6. The number of halogens is 2. The number of aryl methyl sites for hydroxylation is 1. The number of carboxylic acid groups (broad SMARTS) is 1. The largest absolute Gasteiger partial charge is 0.465 e. The molecule has 0 radical (unpaired) electrons. The van der Waals surface area contributed by atoms with Crippen molar-refractivity contribution in [1.82, 2.24) is 9.47 Å². The molecule has 2 aromatic rings. The Kier molecular flexibility index (Phi) is 5.90. The molecule has 2 amide bonds. The molecule has 1 saturated heterocycles. The zero-order valence-corrected chi connectivity index (χ0v) is 16.4. The number of carbonyl (C=O) groups excluding carboxylic acids is 1. The Morgan fingerprint density at radius 2 is 2.07 bits per heavy atom. The first-order chi connectivity index (χ1) is 13.7. The number of nitrogens with one attached hydrogen (secondary N) is 1. The summed E-state index contributed by atoms with van der Waals surface area (Å²) < 4.78 is 20.9. The quantitative estimate of drug-likeness (QED) is 0.787. The molecule has 1 aliphatic heterocycles. The summed E-state index contributed by atoms with van der Waals surface area (Å²) in [4.78, 5) is 37.1. The third-order valence-electron chi connectivity index (χ3n) is 4.80. The highest BCUT2D eigenvalue weighted by atomic mass is 35.5. The predicted molar refractivity (Wildman–Crippen MR) is 104 cm³/mol. The van der Waals surface area contributed by atoms with Gasteiger partial charge in [0.25, 0.3) is 5.56 Å². The van der Waals surface area contributed by atoms with E-state index in [1.807, 2.05) is 0 Å². The van der Waals surface area contributed by atoms with Gasteiger partial charge in [-0.1, -0.05) is 11.6 Å². The second-order valence-electron chi connectivity index (χ2n) is 6.71. The van der Waals surface area contributed by atoms with Crippen molar-refractivity contribution in [2.45, 2.75) is 25.5 Å². The summed E-state index contributed by atoms with van der Waals surface area (Å²) in [5, 5.41) is 12.0. The number of nitrogens with zero attached hydrogens (tertiary/aromatic N) is 2. The van der Waals surface area contributed by atoms with Crippen LogP contribution in [0.15, 0.2) is 35.3 Å². The van der Waals surface area contributed by atoms with Crippen molar-refractivity contribution in [1.29, 1.82) is 0 Å². The molecule has 0 unspecified atom stereocenters. The highest BCUT2D eigenvalue weighted by Gasteiger charge is 2.40. The first-order valence-electron chi connectivity index (χ1n) is 8.73. The van der Waals surface area contributed by atoms with Crippen molar-refractivity contribution in [2.24, 2.45) is 0 Å². The van der Waals surface area contributed by atoms with Crippen LogP contribution in [0.4, 0.5) is 14.9 Å². The molecular formula is C19H19ClFN3O5. The Labute approximate surface area is 170 Å². The van der Waals surface area contributed by atoms with Gasteiger partial charge < -0.3 is 15.2 Å². The standard InChI is InChI=1S/C19H19ClFN3O5/c1-10-5-11(20)8-23(18(10)26)12-3-4-15(14(21)6-12)22-17(25)16-7-13(29-2)9-24(16)19(27)28/h3-6,8,13,16H,7,9H2,1-2H3,(H,22,25)(H,27,28)/t13-,16-/m1/s1. The van der Waals surface area contributed by atoms with Crippen LogP contribution in [0.5, 0.6) is 0 Å². The minimum atomic E-state index is -1.25. The van der Waals surface area contributed by atoms with Gasteiger partial charge in [-0.3, -0.25) is 19.1 Å². The summed E-state index contributed by atoms with van der Waals surface area (Å²) in [6.07, 6.45) is -0.118. The number of likely N-dealkylation sites (tertiary alicyclic amines) is 1. The van der Waals surface area contributed by atoms with E-state index in [9.17, 15) is 23.9 Å². The summed E-state index contributed by atoms with van der Waals surface area (Å²) in [6.45, 7) is 1.65. The van der Waals surface area contributed by atoms with Gasteiger partial charge in [0.05, 0.1) is 29.0 Å². The molecule has 1 aliphatic rings. The smallest absolute Gasteiger partial charge is 0.408 e. The summed E-state index contributed by atoms with van der Waals surface area (Å²) in [5.74, 6) is -1.43. The number of aromatic nitrogens is 1. The van der Waals surface area contributed by atoms with Crippen molar-refractivity contribution in [3.05, 3.63) is 57.2 Å². The number of ether oxygens (including phenoxy) is 1. The van der Waals surface area contributed by atoms with Crippen LogP contribution in [0.1, 0.15) is 12.0 Å². The Morgan fingerprint density at radius 3 is 2.69 bits per heavy atom. The third kappa shape index (κ3) is 4.25. The lowest BCUT2D eigenvalue weighted by Gasteiger charge is -2.20. The van der Waals surface area contributed by atoms with Crippen molar-refractivity contribution in [3.63, 3.8) is 0 Å². The van der Waals surface area contributed by atoms with E-state index in [0.717, 1.165) is 11.0 Å². The molecular weight excluding hydrogens is 405 g/mol. The van der Waals surface area contributed by atoms with Crippen molar-refractivity contribution >= 4 is 29.3 Å². The molecule has 1 aromatic carbocycles. The maximum Gasteiger partial charge on any atom is 0.408 e. The van der Waals surface area contributed by atoms with Gasteiger partial charge in [0, 0.05) is 31.4 Å². The first kappa shape index (κ1) is 20.8. The fourth-order valence-corrected chi connectivity index (χ4v) is 3.53. The number of methoxy groups -OCH3 is 1. The van der Waals surface area contributed by atoms with Gasteiger partial charge in [-0.15, -0.1) is 0 Å². The predicted octanol–water partition coefficient (Wildman–Crippen LogP) is 2.64. The van der Waals surface area contributed by atoms with Crippen LogP contribution in [0.2, 0.25) is 5.02 Å². The van der Waals surface area contributed by atoms with Crippen LogP contribution in [0, 0.1) is 12.7 Å². The van der Waals surface area contributed by atoms with E-state index < -0.39 is 30.0 Å². The van der Waals surface area contributed by atoms with Crippen LogP contribution < -0.4 is 10.9 Å². The van der Waals surface area contributed by atoms with E-state index in [-0.39, 0.29) is 29.9 Å². The summed E-state index contributed by atoms with van der Waals surface area (Å²) in [6, 6.07) is 4.37. The fraction of sp³-hybridized carbons (Fsp3) is 0.316. The first-order valence-corrected chi connectivity index (χ1v) is 9.11. The molecule has 2 atom stereocenters. The average molecular weight is 424 g/mol. The van der Waals surface area contributed by atoms with Crippen LogP contribution in [0.25, 0.3) is 5.69 Å². The molecule has 154 valence electrons. The number of carbonyl (C=O) groups is 2. The SMILES string of the molecule is CO[C@@H]1C[C@H](C(=O)Nc2ccc(-n3cc(Cl)cc(C)c3=O)cc2F)N(C(=O)O)C1. The highest BCUT2D eigenvalue weighted by molar-refractivity contribution is 6.30. The number of rotatable bonds is 4. The summed E-state index contributed by atoms with van der Waals surface area (Å²) >= 11 is 5.97. The number of amides is 2. The van der Waals surface area contributed by atoms with E-state index in [1.54, 1.807) is 6.92 Å². The maximum absolute atomic E-state index is 14.6. The molecule has 2 heterocycles. The van der Waals surface area contributed by atoms with Crippen LogP contribution in [-0.4, -0.2) is 52.4 Å². The zero-order valence-electron chi connectivity index (χ0n) is 15.7. The lowest BCUT2D eigenvalue weighted by atomic mass is 10.1. The van der Waals surface area contributed by atoms with Crippen molar-refractivity contribution in [3.8, 4) is 5.69 Å². The Bertz CT molecular complexity index is 1030. The second-order valence-corrected chi connectivity index (χ2v) is 7.15. The molecule has 8 nitrogen and oxygen atoms in total. The van der Waals surface area contributed by atoms with E-state index in [1.165, 1.54) is 36.1 Å². The lowest BCUT2D eigenvalue weighted by molar-refractivity contribution is -0.120. The van der Waals surface area contributed by atoms with Crippen molar-refractivity contribution < 1.29 is 23.8 Å². The van der Waals surface area contributed by atoms with E-state index in [0.29, 0.717) is 10.6 Å². The number of anilines is 1. The van der Waals surface area contributed by atoms with Gasteiger partial charge >= 0.3 is 6.09 Å². The molecule has 0 spiro atoms. The molecule has 29 heavy (non-hydrogen) atoms. The number of hydrogen-bond donors (Lipinski definition) is 2. The molecule has 1 fully saturated rings. The van der Waals surface area contributed by atoms with Crippen molar-refractivity contribution in [2.75, 3.05) is 19.0 Å². The monoisotopic (exact) mass is 423 g/mol. The van der Waals surface area contributed by atoms with Crippen LogP contribution in [-0.2, 0) is 9.53 Å². The minimum absolute atomic E-state index is 0.0579. The van der Waals surface area contributed by atoms with E-state index >= 15 is 0 Å². The third-order valence-corrected chi connectivity index (χ3v) is 5.00. The van der Waals surface area contributed by atoms with Gasteiger partial charge in [-0.25, -0.2) is 9.18 Å². The molecule has 2 N–H and O–H groups in total. The summed E-state index contributed by atoms with van der Waals surface area (Å²) in [7, 11) is 1.43. The highest BCUT2D eigenvalue weighted by Crippen LogP contribution is 2.24. The van der Waals surface area contributed by atoms with Crippen LogP contribution in [0.3, 0.4) is 0 Å². The number of benzene rings is 1. The van der Waals surface area contributed by atoms with Gasteiger partial charge in [0.1, 0.15) is 11.9 Å². The molecule has 1 aromatic heterocycles. The molecule has 0 saturated carbocycles. The van der Waals surface area contributed by atoms with E-state index in [2.05, 4.69) is 5.32 Å². The van der Waals surface area contributed by atoms with Crippen LogP contribution >= 0.6 is 11.6 Å². The molecule has 0 bridgehead atoms. The number of hydrogen-bond acceptors (Lipinski definition) is 4. The normalized spacial score (nSPS) is 18.7. The second kappa shape index (κ2) is 8.22. The Hall–Kier alpha value is -2.91. The fourth-order valence-electron chi connectivity index (χ4n) is 3.27. The van der Waals surface area contributed by atoms with Gasteiger partial charge in [0.2, 0.25) is 5.91 Å². The van der Waals surface area contributed by atoms with E-state index in [4.69, 9.17) is 16.3 Å². The average Bonchev–Trinajstić information content (AvgIpc) is 3.11. The molecule has 0 aliphatic carbocycles. The lowest BCUT2D eigenvalue weighted by Crippen LogP contribution is -2.42. The molecule has 10 heteroatoms. The summed E-state index contributed by atoms with van der Waals surface area (Å²) in [5.41, 5.74) is 0.164. The topological polar surface area (TPSA) is 101 Å². The number of pyridine rings is 1. The Balaban J connectivity index is 1.84. The van der Waals surface area contributed by atoms with Gasteiger partial charge in [-0.2, -0.15) is 0 Å². The minimum Gasteiger partial charge on any atom is -0.465 e. The molecule has 3 rings (SSSR count). The Morgan fingerprint density at radius 1 is 1.34 bits per heavy atom.